The van der Waals surface area contributed by atoms with Crippen molar-refractivity contribution in [2.75, 3.05) is 14.2 Å². The van der Waals surface area contributed by atoms with Gasteiger partial charge in [-0.15, -0.1) is 0 Å². The van der Waals surface area contributed by atoms with Gasteiger partial charge < -0.3 is 18.7 Å². The van der Waals surface area contributed by atoms with Crippen LogP contribution < -0.4 is 9.47 Å². The molecule has 118 valence electrons. The van der Waals surface area contributed by atoms with E-state index in [0.717, 1.165) is 0 Å². The number of benzene rings is 1. The van der Waals surface area contributed by atoms with E-state index < -0.39 is 5.97 Å². The highest BCUT2D eigenvalue weighted by Crippen LogP contribution is 2.31. The summed E-state index contributed by atoms with van der Waals surface area (Å²) in [5, 5.41) is 3.81. The van der Waals surface area contributed by atoms with Crippen LogP contribution in [-0.4, -0.2) is 30.3 Å². The Hall–Kier alpha value is -2.57. The van der Waals surface area contributed by atoms with Gasteiger partial charge >= 0.3 is 5.97 Å². The summed E-state index contributed by atoms with van der Waals surface area (Å²) in [5.74, 6) is 1.19. The van der Waals surface area contributed by atoms with Crippen LogP contribution in [-0.2, 0) is 11.3 Å². The second-order valence-corrected chi connectivity index (χ2v) is 4.82. The van der Waals surface area contributed by atoms with E-state index in [1.54, 1.807) is 18.2 Å². The standard InChI is InChI=1S/C15H18N2O5/c1-9(2)14-16-12(22-17-14)8-21-15(18)10-6-5-7-11(19-3)13(10)20-4/h5-7,9H,8H2,1-4H3. The maximum absolute atomic E-state index is 12.2. The lowest BCUT2D eigenvalue weighted by Gasteiger charge is -2.11. The highest BCUT2D eigenvalue weighted by atomic mass is 16.6. The van der Waals surface area contributed by atoms with Crippen molar-refractivity contribution in [3.8, 4) is 11.5 Å². The molecule has 7 heteroatoms. The van der Waals surface area contributed by atoms with Crippen molar-refractivity contribution in [2.24, 2.45) is 0 Å². The Bertz CT molecular complexity index is 651. The van der Waals surface area contributed by atoms with Gasteiger partial charge in [0.25, 0.3) is 5.89 Å². The van der Waals surface area contributed by atoms with Crippen LogP contribution in [0, 0.1) is 0 Å². The molecule has 0 spiro atoms. The molecule has 0 aliphatic carbocycles. The summed E-state index contributed by atoms with van der Waals surface area (Å²) >= 11 is 0. The summed E-state index contributed by atoms with van der Waals surface area (Å²) < 4.78 is 20.5. The van der Waals surface area contributed by atoms with E-state index in [1.807, 2.05) is 13.8 Å². The number of nitrogens with zero attached hydrogens (tertiary/aromatic N) is 2. The number of ether oxygens (including phenoxy) is 3. The summed E-state index contributed by atoms with van der Waals surface area (Å²) in [6, 6.07) is 4.97. The maximum Gasteiger partial charge on any atom is 0.342 e. The molecule has 0 saturated heterocycles. The molecule has 22 heavy (non-hydrogen) atoms. The minimum Gasteiger partial charge on any atom is -0.493 e. The zero-order valence-electron chi connectivity index (χ0n) is 13.0. The van der Waals surface area contributed by atoms with Crippen LogP contribution in [0.4, 0.5) is 0 Å². The lowest BCUT2D eigenvalue weighted by Crippen LogP contribution is -2.08. The fourth-order valence-corrected chi connectivity index (χ4v) is 1.81. The predicted octanol–water partition coefficient (Wildman–Crippen LogP) is 2.57. The second kappa shape index (κ2) is 6.93. The summed E-state index contributed by atoms with van der Waals surface area (Å²) in [6.45, 7) is 3.79. The topological polar surface area (TPSA) is 83.7 Å². The molecule has 0 unspecified atom stereocenters. The summed E-state index contributed by atoms with van der Waals surface area (Å²) in [7, 11) is 2.96. The number of hydrogen-bond donors (Lipinski definition) is 0. The molecule has 0 fully saturated rings. The van der Waals surface area contributed by atoms with Gasteiger partial charge in [0.1, 0.15) is 5.56 Å². The van der Waals surface area contributed by atoms with Gasteiger partial charge in [0, 0.05) is 5.92 Å². The van der Waals surface area contributed by atoms with Gasteiger partial charge in [-0.05, 0) is 12.1 Å². The molecule has 1 heterocycles. The second-order valence-electron chi connectivity index (χ2n) is 4.82. The molecular weight excluding hydrogens is 288 g/mol. The number of aromatic nitrogens is 2. The third-order valence-corrected chi connectivity index (χ3v) is 2.95. The fourth-order valence-electron chi connectivity index (χ4n) is 1.81. The van der Waals surface area contributed by atoms with Gasteiger partial charge in [-0.2, -0.15) is 4.98 Å². The van der Waals surface area contributed by atoms with Crippen molar-refractivity contribution in [2.45, 2.75) is 26.4 Å². The molecule has 2 rings (SSSR count). The van der Waals surface area contributed by atoms with Crippen molar-refractivity contribution < 1.29 is 23.5 Å². The largest absolute Gasteiger partial charge is 0.493 e. The van der Waals surface area contributed by atoms with E-state index in [9.17, 15) is 4.79 Å². The van der Waals surface area contributed by atoms with Crippen LogP contribution >= 0.6 is 0 Å². The summed E-state index contributed by atoms with van der Waals surface area (Å²) in [4.78, 5) is 16.3. The lowest BCUT2D eigenvalue weighted by atomic mass is 10.2. The van der Waals surface area contributed by atoms with E-state index >= 15 is 0 Å². The van der Waals surface area contributed by atoms with Crippen molar-refractivity contribution in [1.29, 1.82) is 0 Å². The lowest BCUT2D eigenvalue weighted by molar-refractivity contribution is 0.0425. The van der Waals surface area contributed by atoms with Gasteiger partial charge in [-0.25, -0.2) is 4.79 Å². The number of carbonyl (C=O) groups is 1. The zero-order valence-corrected chi connectivity index (χ0v) is 13.0. The number of para-hydroxylation sites is 1. The monoisotopic (exact) mass is 306 g/mol. The van der Waals surface area contributed by atoms with E-state index in [2.05, 4.69) is 10.1 Å². The third-order valence-electron chi connectivity index (χ3n) is 2.95. The SMILES string of the molecule is COc1cccc(C(=O)OCc2nc(C(C)C)no2)c1OC. The first-order valence-electron chi connectivity index (χ1n) is 6.77. The normalized spacial score (nSPS) is 10.6. The maximum atomic E-state index is 12.2. The number of esters is 1. The first kappa shape index (κ1) is 15.8. The summed E-state index contributed by atoms with van der Waals surface area (Å²) in [6.07, 6.45) is 0. The molecule has 0 radical (unpaired) electrons. The number of hydrogen-bond acceptors (Lipinski definition) is 7. The first-order chi connectivity index (χ1) is 10.6. The average Bonchev–Trinajstić information content (AvgIpc) is 3.00. The summed E-state index contributed by atoms with van der Waals surface area (Å²) in [5.41, 5.74) is 0.269. The zero-order chi connectivity index (χ0) is 16.1. The Kier molecular flexibility index (Phi) is 4.98. The fraction of sp³-hybridized carbons (Fsp3) is 0.400. The van der Waals surface area contributed by atoms with Crippen molar-refractivity contribution in [3.63, 3.8) is 0 Å². The minimum absolute atomic E-state index is 0.0983. The molecule has 7 nitrogen and oxygen atoms in total. The molecule has 0 aliphatic heterocycles. The molecule has 1 aromatic carbocycles. The molecule has 2 aromatic rings. The molecule has 1 aromatic heterocycles. The van der Waals surface area contributed by atoms with E-state index in [0.29, 0.717) is 17.3 Å². The third kappa shape index (κ3) is 3.36. The van der Waals surface area contributed by atoms with E-state index in [4.69, 9.17) is 18.7 Å². The van der Waals surface area contributed by atoms with E-state index in [1.165, 1.54) is 14.2 Å². The Morgan fingerprint density at radius 3 is 2.64 bits per heavy atom. The Balaban J connectivity index is 2.09. The smallest absolute Gasteiger partial charge is 0.342 e. The van der Waals surface area contributed by atoms with Crippen molar-refractivity contribution in [1.82, 2.24) is 10.1 Å². The Labute approximate surface area is 128 Å². The predicted molar refractivity (Wildman–Crippen MR) is 77.1 cm³/mol. The van der Waals surface area contributed by atoms with Crippen LogP contribution in [0.3, 0.4) is 0 Å². The highest BCUT2D eigenvalue weighted by Gasteiger charge is 2.19. The molecule has 0 amide bonds. The van der Waals surface area contributed by atoms with Crippen LogP contribution in [0.25, 0.3) is 0 Å². The molecular formula is C15H18N2O5. The first-order valence-corrected chi connectivity index (χ1v) is 6.77. The number of methoxy groups -OCH3 is 2. The van der Waals surface area contributed by atoms with Gasteiger partial charge in [-0.3, -0.25) is 0 Å². The molecule has 0 aliphatic rings. The Morgan fingerprint density at radius 1 is 1.27 bits per heavy atom. The minimum atomic E-state index is -0.556. The van der Waals surface area contributed by atoms with E-state index in [-0.39, 0.29) is 24.0 Å². The number of carbonyl (C=O) groups excluding carboxylic acids is 1. The van der Waals surface area contributed by atoms with Crippen molar-refractivity contribution in [3.05, 3.63) is 35.5 Å². The number of rotatable bonds is 6. The van der Waals surface area contributed by atoms with Crippen LogP contribution in [0.2, 0.25) is 0 Å². The van der Waals surface area contributed by atoms with Gasteiger partial charge in [-0.1, -0.05) is 25.1 Å². The average molecular weight is 306 g/mol. The Morgan fingerprint density at radius 2 is 2.05 bits per heavy atom. The highest BCUT2D eigenvalue weighted by molar-refractivity contribution is 5.93. The van der Waals surface area contributed by atoms with Crippen LogP contribution in [0.1, 0.15) is 41.8 Å². The molecule has 0 saturated carbocycles. The van der Waals surface area contributed by atoms with Crippen molar-refractivity contribution >= 4 is 5.97 Å². The van der Waals surface area contributed by atoms with Gasteiger partial charge in [0.2, 0.25) is 0 Å². The molecule has 0 atom stereocenters. The van der Waals surface area contributed by atoms with Crippen LogP contribution in [0.15, 0.2) is 22.7 Å². The van der Waals surface area contributed by atoms with Crippen LogP contribution in [0.5, 0.6) is 11.5 Å². The van der Waals surface area contributed by atoms with Gasteiger partial charge in [0.15, 0.2) is 23.9 Å². The molecule has 0 N–H and O–H groups in total. The quantitative estimate of drug-likeness (QED) is 0.758. The molecule has 0 bridgehead atoms. The van der Waals surface area contributed by atoms with Gasteiger partial charge in [0.05, 0.1) is 14.2 Å².